The molecule has 2 heterocycles. The van der Waals surface area contributed by atoms with Crippen molar-refractivity contribution in [1.29, 1.82) is 0 Å². The summed E-state index contributed by atoms with van der Waals surface area (Å²) < 4.78 is 0. The van der Waals surface area contributed by atoms with E-state index in [2.05, 4.69) is 20.2 Å². The Hall–Kier alpha value is -1.36. The zero-order chi connectivity index (χ0) is 9.10. The van der Waals surface area contributed by atoms with Gasteiger partial charge in [0.2, 0.25) is 5.91 Å². The minimum Gasteiger partial charge on any atom is -0.354 e. The molecule has 1 aliphatic heterocycles. The van der Waals surface area contributed by atoms with Crippen molar-refractivity contribution in [3.05, 3.63) is 18.2 Å². The van der Waals surface area contributed by atoms with Crippen molar-refractivity contribution in [2.75, 3.05) is 19.6 Å². The maximum absolute atomic E-state index is 11.0. The molecule has 0 spiro atoms. The summed E-state index contributed by atoms with van der Waals surface area (Å²) >= 11 is 0. The Morgan fingerprint density at radius 3 is 3.23 bits per heavy atom. The monoisotopic (exact) mass is 180 g/mol. The fourth-order valence-corrected chi connectivity index (χ4v) is 1.43. The van der Waals surface area contributed by atoms with Crippen LogP contribution in [0.2, 0.25) is 0 Å². The normalized spacial score (nSPS) is 18.6. The minimum absolute atomic E-state index is 0.0989. The molecule has 0 aliphatic carbocycles. The third-order valence-electron chi connectivity index (χ3n) is 2.06. The third-order valence-corrected chi connectivity index (χ3v) is 2.06. The summed E-state index contributed by atoms with van der Waals surface area (Å²) in [6.07, 6.45) is 3.51. The molecule has 0 atom stereocenters. The average molecular weight is 180 g/mol. The highest BCUT2D eigenvalue weighted by atomic mass is 16.2. The van der Waals surface area contributed by atoms with E-state index in [0.29, 0.717) is 6.54 Å². The van der Waals surface area contributed by atoms with Crippen LogP contribution >= 0.6 is 0 Å². The van der Waals surface area contributed by atoms with Crippen LogP contribution in [0.4, 0.5) is 0 Å². The summed E-state index contributed by atoms with van der Waals surface area (Å²) in [6, 6.07) is 0. The molecule has 0 bridgehead atoms. The molecule has 1 aromatic heterocycles. The van der Waals surface area contributed by atoms with Gasteiger partial charge in [0.05, 0.1) is 18.6 Å². The van der Waals surface area contributed by atoms with Crippen molar-refractivity contribution < 1.29 is 4.79 Å². The van der Waals surface area contributed by atoms with Gasteiger partial charge in [-0.3, -0.25) is 9.69 Å². The predicted octanol–water partition coefficient (Wildman–Crippen LogP) is -0.659. The molecule has 1 aromatic rings. The fourth-order valence-electron chi connectivity index (χ4n) is 1.43. The van der Waals surface area contributed by atoms with Gasteiger partial charge in [-0.25, -0.2) is 4.98 Å². The number of imidazole rings is 1. The van der Waals surface area contributed by atoms with Crippen LogP contribution in [0.25, 0.3) is 0 Å². The lowest BCUT2D eigenvalue weighted by atomic mass is 10.3. The molecule has 0 unspecified atom stereocenters. The number of carbonyl (C=O) groups is 1. The number of aromatic nitrogens is 2. The van der Waals surface area contributed by atoms with Crippen molar-refractivity contribution in [3.8, 4) is 0 Å². The summed E-state index contributed by atoms with van der Waals surface area (Å²) in [4.78, 5) is 20.1. The van der Waals surface area contributed by atoms with Crippen molar-refractivity contribution in [2.45, 2.75) is 6.54 Å². The highest BCUT2D eigenvalue weighted by molar-refractivity contribution is 5.78. The van der Waals surface area contributed by atoms with Crippen LogP contribution in [0, 0.1) is 0 Å². The van der Waals surface area contributed by atoms with E-state index in [1.54, 1.807) is 6.33 Å². The molecule has 13 heavy (non-hydrogen) atoms. The molecule has 1 fully saturated rings. The van der Waals surface area contributed by atoms with Crippen molar-refractivity contribution in [2.24, 2.45) is 0 Å². The molecule has 0 aromatic carbocycles. The lowest BCUT2D eigenvalue weighted by molar-refractivity contribution is -0.124. The first-order valence-electron chi connectivity index (χ1n) is 4.31. The van der Waals surface area contributed by atoms with Crippen molar-refractivity contribution in [1.82, 2.24) is 20.2 Å². The van der Waals surface area contributed by atoms with E-state index in [9.17, 15) is 4.79 Å². The first kappa shape index (κ1) is 8.25. The first-order valence-corrected chi connectivity index (χ1v) is 4.31. The summed E-state index contributed by atoms with van der Waals surface area (Å²) in [5.41, 5.74) is 0.981. The van der Waals surface area contributed by atoms with Crippen LogP contribution < -0.4 is 5.32 Å². The molecule has 2 N–H and O–H groups in total. The van der Waals surface area contributed by atoms with E-state index in [4.69, 9.17) is 0 Å². The first-order chi connectivity index (χ1) is 6.34. The number of hydrogen-bond donors (Lipinski definition) is 2. The second-order valence-electron chi connectivity index (χ2n) is 3.12. The van der Waals surface area contributed by atoms with Gasteiger partial charge in [0.15, 0.2) is 0 Å². The third kappa shape index (κ3) is 2.06. The summed E-state index contributed by atoms with van der Waals surface area (Å²) in [7, 11) is 0. The van der Waals surface area contributed by atoms with E-state index in [-0.39, 0.29) is 5.91 Å². The second-order valence-corrected chi connectivity index (χ2v) is 3.12. The second kappa shape index (κ2) is 3.57. The van der Waals surface area contributed by atoms with Crippen LogP contribution in [0.5, 0.6) is 0 Å². The van der Waals surface area contributed by atoms with Gasteiger partial charge < -0.3 is 10.3 Å². The van der Waals surface area contributed by atoms with Crippen molar-refractivity contribution in [3.63, 3.8) is 0 Å². The molecule has 1 aliphatic rings. The number of H-pyrrole nitrogens is 1. The highest BCUT2D eigenvalue weighted by Crippen LogP contribution is 2.01. The van der Waals surface area contributed by atoms with Gasteiger partial charge >= 0.3 is 0 Å². The number of piperazine rings is 1. The van der Waals surface area contributed by atoms with E-state index in [0.717, 1.165) is 25.3 Å². The number of nitrogens with zero attached hydrogens (tertiary/aromatic N) is 2. The van der Waals surface area contributed by atoms with Crippen LogP contribution in [0.3, 0.4) is 0 Å². The van der Waals surface area contributed by atoms with Gasteiger partial charge in [-0.2, -0.15) is 0 Å². The van der Waals surface area contributed by atoms with E-state index in [1.165, 1.54) is 0 Å². The molecule has 0 radical (unpaired) electrons. The number of nitrogens with one attached hydrogen (secondary N) is 2. The molecule has 5 heteroatoms. The molecule has 1 amide bonds. The Bertz CT molecular complexity index is 282. The molecule has 0 saturated carbocycles. The lowest BCUT2D eigenvalue weighted by Gasteiger charge is -2.25. The molecule has 2 rings (SSSR count). The number of hydrogen-bond acceptors (Lipinski definition) is 3. The maximum Gasteiger partial charge on any atom is 0.234 e. The highest BCUT2D eigenvalue weighted by Gasteiger charge is 2.16. The Kier molecular flexibility index (Phi) is 2.27. The zero-order valence-electron chi connectivity index (χ0n) is 7.29. The zero-order valence-corrected chi connectivity index (χ0v) is 7.29. The van der Waals surface area contributed by atoms with Gasteiger partial charge in [-0.15, -0.1) is 0 Å². The quantitative estimate of drug-likeness (QED) is 0.635. The van der Waals surface area contributed by atoms with E-state index < -0.39 is 0 Å². The number of rotatable bonds is 2. The number of aromatic amines is 1. The van der Waals surface area contributed by atoms with Crippen LogP contribution in [-0.4, -0.2) is 40.4 Å². The van der Waals surface area contributed by atoms with E-state index >= 15 is 0 Å². The maximum atomic E-state index is 11.0. The largest absolute Gasteiger partial charge is 0.354 e. The van der Waals surface area contributed by atoms with Gasteiger partial charge in [-0.1, -0.05) is 0 Å². The summed E-state index contributed by atoms with van der Waals surface area (Å²) in [5, 5.41) is 2.78. The molecule has 70 valence electrons. The van der Waals surface area contributed by atoms with Crippen LogP contribution in [0.1, 0.15) is 5.69 Å². The standard InChI is InChI=1S/C8H12N4O/c13-8-5-12(2-1-10-8)4-7-3-9-6-11-7/h3,6H,1-2,4-5H2,(H,9,11)(H,10,13). The minimum atomic E-state index is 0.0989. The lowest BCUT2D eigenvalue weighted by Crippen LogP contribution is -2.47. The predicted molar refractivity (Wildman–Crippen MR) is 46.9 cm³/mol. The van der Waals surface area contributed by atoms with Gasteiger partial charge in [0.25, 0.3) is 0 Å². The van der Waals surface area contributed by atoms with Crippen molar-refractivity contribution >= 4 is 5.91 Å². The molecular formula is C8H12N4O. The smallest absolute Gasteiger partial charge is 0.234 e. The van der Waals surface area contributed by atoms with Crippen LogP contribution in [0.15, 0.2) is 12.5 Å². The average Bonchev–Trinajstić information content (AvgIpc) is 2.57. The van der Waals surface area contributed by atoms with E-state index in [1.807, 2.05) is 6.20 Å². The number of amides is 1. The van der Waals surface area contributed by atoms with Gasteiger partial charge in [0, 0.05) is 25.8 Å². The SMILES string of the molecule is O=C1CN(Cc2c[nH]cn2)CCN1. The number of carbonyl (C=O) groups excluding carboxylic acids is 1. The summed E-state index contributed by atoms with van der Waals surface area (Å²) in [5.74, 6) is 0.0989. The molecule has 5 nitrogen and oxygen atoms in total. The Morgan fingerprint density at radius 1 is 1.62 bits per heavy atom. The molecular weight excluding hydrogens is 168 g/mol. The van der Waals surface area contributed by atoms with Crippen LogP contribution in [-0.2, 0) is 11.3 Å². The fraction of sp³-hybridized carbons (Fsp3) is 0.500. The van der Waals surface area contributed by atoms with Gasteiger partial charge in [0.1, 0.15) is 0 Å². The molecule has 1 saturated heterocycles. The Labute approximate surface area is 76.2 Å². The topological polar surface area (TPSA) is 61.0 Å². The Morgan fingerprint density at radius 2 is 2.54 bits per heavy atom. The van der Waals surface area contributed by atoms with Gasteiger partial charge in [-0.05, 0) is 0 Å². The Balaban J connectivity index is 1.91. The summed E-state index contributed by atoms with van der Waals surface area (Å²) in [6.45, 7) is 2.87.